The van der Waals surface area contributed by atoms with E-state index in [2.05, 4.69) is 20.8 Å². The lowest BCUT2D eigenvalue weighted by Gasteiger charge is -2.38. The van der Waals surface area contributed by atoms with Gasteiger partial charge in [-0.3, -0.25) is 0 Å². The Balaban J connectivity index is 4.27. The van der Waals surface area contributed by atoms with Gasteiger partial charge in [0, 0.05) is 12.4 Å². The van der Waals surface area contributed by atoms with Crippen molar-refractivity contribution in [3.8, 4) is 0 Å². The molecular formula is C17H37NO5S. The van der Waals surface area contributed by atoms with Crippen LogP contribution >= 0.6 is 0 Å². The van der Waals surface area contributed by atoms with Crippen molar-refractivity contribution in [2.24, 2.45) is 0 Å². The number of hydrogen-bond acceptors (Lipinski definition) is 5. The molecule has 0 saturated carbocycles. The van der Waals surface area contributed by atoms with Crippen LogP contribution in [0, 0.1) is 0 Å². The smallest absolute Gasteiger partial charge is 0.102 e. The molecule has 0 saturated heterocycles. The highest BCUT2D eigenvalue weighted by atomic mass is 32.2. The van der Waals surface area contributed by atoms with Gasteiger partial charge in [0.15, 0.2) is 0 Å². The van der Waals surface area contributed by atoms with Crippen molar-refractivity contribution in [3.05, 3.63) is 0 Å². The Kier molecular flexibility index (Phi) is 13.9. The van der Waals surface area contributed by atoms with Crippen LogP contribution in [0.4, 0.5) is 0 Å². The van der Waals surface area contributed by atoms with Gasteiger partial charge < -0.3 is 18.5 Å². The number of nitrogens with zero attached hydrogens (tertiary/aromatic N) is 1. The SMILES string of the molecule is CCCOCCOCC[N+](CCC)(CCC)CCCCS(=O)(=O)[O-]. The summed E-state index contributed by atoms with van der Waals surface area (Å²) in [5.41, 5.74) is 0. The first kappa shape index (κ1) is 23.8. The van der Waals surface area contributed by atoms with Gasteiger partial charge in [-0.25, -0.2) is 8.42 Å². The molecule has 6 nitrogen and oxygen atoms in total. The number of ether oxygens (including phenoxy) is 2. The fourth-order valence-corrected chi connectivity index (χ4v) is 3.63. The average molecular weight is 368 g/mol. The third-order valence-electron chi connectivity index (χ3n) is 4.10. The van der Waals surface area contributed by atoms with Gasteiger partial charge in [-0.15, -0.1) is 0 Å². The van der Waals surface area contributed by atoms with E-state index in [9.17, 15) is 13.0 Å². The topological polar surface area (TPSA) is 75.7 Å². The van der Waals surface area contributed by atoms with Gasteiger partial charge in [0.25, 0.3) is 0 Å². The molecule has 0 aromatic rings. The number of quaternary nitrogens is 1. The molecule has 24 heavy (non-hydrogen) atoms. The summed E-state index contributed by atoms with van der Waals surface area (Å²) in [6, 6.07) is 0. The monoisotopic (exact) mass is 367 g/mol. The molecule has 0 radical (unpaired) electrons. The van der Waals surface area contributed by atoms with Crippen LogP contribution < -0.4 is 0 Å². The third kappa shape index (κ3) is 13.1. The summed E-state index contributed by atoms with van der Waals surface area (Å²) in [5, 5.41) is 0. The maximum Gasteiger partial charge on any atom is 0.102 e. The zero-order valence-corrected chi connectivity index (χ0v) is 16.6. The summed E-state index contributed by atoms with van der Waals surface area (Å²) >= 11 is 0. The summed E-state index contributed by atoms with van der Waals surface area (Å²) in [4.78, 5) is 0. The van der Waals surface area contributed by atoms with Crippen LogP contribution in [-0.4, -0.2) is 75.8 Å². The summed E-state index contributed by atoms with van der Waals surface area (Å²) in [7, 11) is -4.09. The molecule has 146 valence electrons. The first-order valence-electron chi connectivity index (χ1n) is 9.33. The van der Waals surface area contributed by atoms with E-state index in [-0.39, 0.29) is 5.75 Å². The second-order valence-electron chi connectivity index (χ2n) is 6.43. The molecule has 0 fully saturated rings. The van der Waals surface area contributed by atoms with E-state index in [1.807, 2.05) is 0 Å². The van der Waals surface area contributed by atoms with Crippen LogP contribution in [0.5, 0.6) is 0 Å². The molecule has 7 heteroatoms. The van der Waals surface area contributed by atoms with Gasteiger partial charge in [-0.1, -0.05) is 20.8 Å². The van der Waals surface area contributed by atoms with E-state index >= 15 is 0 Å². The molecule has 0 aliphatic carbocycles. The van der Waals surface area contributed by atoms with Gasteiger partial charge in [0.2, 0.25) is 0 Å². The highest BCUT2D eigenvalue weighted by Crippen LogP contribution is 2.13. The van der Waals surface area contributed by atoms with Crippen molar-refractivity contribution in [2.75, 3.05) is 58.4 Å². The Bertz CT molecular complexity index is 380. The quantitative estimate of drug-likeness (QED) is 0.224. The van der Waals surface area contributed by atoms with Crippen LogP contribution in [0.1, 0.15) is 52.9 Å². The number of rotatable bonds is 17. The first-order chi connectivity index (χ1) is 11.4. The normalized spacial score (nSPS) is 12.7. The standard InChI is InChI=1S/C17H37NO5S/c1-4-9-18(10-5-2,11-7-8-17-24(19,20)21)12-14-23-16-15-22-13-6-3/h4-17H2,1-3H3. The van der Waals surface area contributed by atoms with E-state index in [4.69, 9.17) is 9.47 Å². The molecule has 0 aromatic heterocycles. The molecule has 0 unspecified atom stereocenters. The van der Waals surface area contributed by atoms with Crippen LogP contribution in [0.25, 0.3) is 0 Å². The van der Waals surface area contributed by atoms with E-state index in [1.165, 1.54) is 0 Å². The fraction of sp³-hybridized carbons (Fsp3) is 1.00. The second kappa shape index (κ2) is 14.0. The lowest BCUT2D eigenvalue weighted by Crippen LogP contribution is -2.52. The van der Waals surface area contributed by atoms with E-state index in [0.717, 1.165) is 63.0 Å². The minimum Gasteiger partial charge on any atom is -0.748 e. The van der Waals surface area contributed by atoms with E-state index in [0.29, 0.717) is 26.2 Å². The molecule has 0 bridgehead atoms. The molecule has 0 aliphatic heterocycles. The highest BCUT2D eigenvalue weighted by Gasteiger charge is 2.24. The predicted molar refractivity (Wildman–Crippen MR) is 96.0 cm³/mol. The van der Waals surface area contributed by atoms with Crippen LogP contribution in [0.15, 0.2) is 0 Å². The Morgan fingerprint density at radius 2 is 1.33 bits per heavy atom. The lowest BCUT2D eigenvalue weighted by atomic mass is 10.2. The maximum atomic E-state index is 10.7. The summed E-state index contributed by atoms with van der Waals surface area (Å²) < 4.78 is 44.3. The molecule has 0 spiro atoms. The third-order valence-corrected chi connectivity index (χ3v) is 4.89. The molecule has 0 N–H and O–H groups in total. The van der Waals surface area contributed by atoms with Gasteiger partial charge in [-0.2, -0.15) is 0 Å². The Morgan fingerprint density at radius 1 is 0.750 bits per heavy atom. The number of hydrogen-bond donors (Lipinski definition) is 0. The Morgan fingerprint density at radius 3 is 1.83 bits per heavy atom. The van der Waals surface area contributed by atoms with Gasteiger partial charge in [-0.05, 0) is 32.1 Å². The van der Waals surface area contributed by atoms with Crippen molar-refractivity contribution in [1.29, 1.82) is 0 Å². The fourth-order valence-electron chi connectivity index (χ4n) is 3.07. The van der Waals surface area contributed by atoms with Crippen molar-refractivity contribution in [2.45, 2.75) is 52.9 Å². The summed E-state index contributed by atoms with van der Waals surface area (Å²) in [6.07, 6.45) is 4.40. The van der Waals surface area contributed by atoms with Crippen LogP contribution in [0.3, 0.4) is 0 Å². The molecular weight excluding hydrogens is 330 g/mol. The van der Waals surface area contributed by atoms with Crippen molar-refractivity contribution in [1.82, 2.24) is 0 Å². The van der Waals surface area contributed by atoms with Gasteiger partial charge in [0.05, 0.1) is 49.6 Å². The van der Waals surface area contributed by atoms with Crippen LogP contribution in [0.2, 0.25) is 0 Å². The van der Waals surface area contributed by atoms with Crippen molar-refractivity contribution >= 4 is 10.1 Å². The van der Waals surface area contributed by atoms with E-state index in [1.54, 1.807) is 0 Å². The zero-order valence-electron chi connectivity index (χ0n) is 15.8. The van der Waals surface area contributed by atoms with Crippen LogP contribution in [-0.2, 0) is 19.6 Å². The Labute approximate surface area is 148 Å². The molecule has 0 amide bonds. The summed E-state index contributed by atoms with van der Waals surface area (Å²) in [6.45, 7) is 13.1. The van der Waals surface area contributed by atoms with Crippen molar-refractivity contribution in [3.63, 3.8) is 0 Å². The first-order valence-corrected chi connectivity index (χ1v) is 10.9. The van der Waals surface area contributed by atoms with Gasteiger partial charge >= 0.3 is 0 Å². The largest absolute Gasteiger partial charge is 0.748 e. The zero-order chi connectivity index (χ0) is 18.3. The number of unbranched alkanes of at least 4 members (excludes halogenated alkanes) is 1. The van der Waals surface area contributed by atoms with Crippen molar-refractivity contribution < 1.29 is 26.9 Å². The molecule has 0 rings (SSSR count). The average Bonchev–Trinajstić information content (AvgIpc) is 2.50. The minimum atomic E-state index is -4.09. The van der Waals surface area contributed by atoms with Gasteiger partial charge in [0.1, 0.15) is 6.54 Å². The molecule has 0 aliphatic rings. The highest BCUT2D eigenvalue weighted by molar-refractivity contribution is 7.85. The second-order valence-corrected chi connectivity index (χ2v) is 7.95. The Hall–Kier alpha value is -0.210. The maximum absolute atomic E-state index is 10.7. The predicted octanol–water partition coefficient (Wildman–Crippen LogP) is 2.39. The summed E-state index contributed by atoms with van der Waals surface area (Å²) in [5.74, 6) is -0.253. The molecule has 0 atom stereocenters. The minimum absolute atomic E-state index is 0.253. The molecule has 0 aromatic carbocycles. The molecule has 0 heterocycles. The lowest BCUT2D eigenvalue weighted by molar-refractivity contribution is -0.928. The van der Waals surface area contributed by atoms with E-state index < -0.39 is 10.1 Å².